The van der Waals surface area contributed by atoms with Gasteiger partial charge in [-0.15, -0.1) is 0 Å². The van der Waals surface area contributed by atoms with Crippen LogP contribution < -0.4 is 0 Å². The van der Waals surface area contributed by atoms with Crippen molar-refractivity contribution in [2.45, 2.75) is 405 Å². The van der Waals surface area contributed by atoms with Gasteiger partial charge in [0.05, 0.1) is 24.5 Å². The van der Waals surface area contributed by atoms with E-state index in [0.29, 0.717) is 0 Å². The molecule has 0 spiro atoms. The number of unbranched alkanes of at least 4 members (excludes halogenated alkanes) is 20. The summed E-state index contributed by atoms with van der Waals surface area (Å²) < 4.78 is 32.8. The van der Waals surface area contributed by atoms with Gasteiger partial charge in [-0.2, -0.15) is 0 Å². The van der Waals surface area contributed by atoms with Crippen molar-refractivity contribution in [3.63, 3.8) is 0 Å². The Morgan fingerprint density at radius 2 is 0.611 bits per heavy atom. The van der Waals surface area contributed by atoms with Gasteiger partial charge in [-0.25, -0.2) is 0 Å². The highest BCUT2D eigenvalue weighted by molar-refractivity contribution is 6.82. The summed E-state index contributed by atoms with van der Waals surface area (Å²) in [6.07, 6.45) is 39.7. The molecule has 72 heavy (non-hydrogen) atoms. The first-order valence-corrected chi connectivity index (χ1v) is 47.3. The molecule has 5 atom stereocenters. The summed E-state index contributed by atoms with van der Waals surface area (Å²) in [5.41, 5.74) is -0.650. The Morgan fingerprint density at radius 1 is 0.292 bits per heavy atom. The highest BCUT2D eigenvalue weighted by Gasteiger charge is 2.68. The Morgan fingerprint density at radius 3 is 0.875 bits per heavy atom. The van der Waals surface area contributed by atoms with Crippen LogP contribution in [0.1, 0.15) is 296 Å². The molecular formula is C63H138O4Si5. The predicted octanol–water partition coefficient (Wildman–Crippen LogP) is 23.5. The van der Waals surface area contributed by atoms with Gasteiger partial charge >= 0.3 is 0 Å². The molecule has 0 aliphatic rings. The summed E-state index contributed by atoms with van der Waals surface area (Å²) in [4.78, 5) is 0. The summed E-state index contributed by atoms with van der Waals surface area (Å²) in [6, 6.07) is 2.44. The van der Waals surface area contributed by atoms with E-state index in [-0.39, 0.29) is 31.7 Å². The van der Waals surface area contributed by atoms with E-state index in [9.17, 15) is 0 Å². The lowest BCUT2D eigenvalue weighted by Gasteiger charge is -2.65. The maximum Gasteiger partial charge on any atom is 0.217 e. The molecule has 0 saturated carbocycles. The maximum absolute atomic E-state index is 8.88. The van der Waals surface area contributed by atoms with Crippen molar-refractivity contribution in [3.8, 4) is 0 Å². The molecule has 4 unspecified atom stereocenters. The second kappa shape index (κ2) is 33.5. The van der Waals surface area contributed by atoms with Gasteiger partial charge in [-0.3, -0.25) is 0 Å². The summed E-state index contributed by atoms with van der Waals surface area (Å²) in [5, 5.41) is -0.497. The van der Waals surface area contributed by atoms with Crippen LogP contribution in [0, 0.1) is 0 Å². The van der Waals surface area contributed by atoms with E-state index >= 15 is 0 Å². The van der Waals surface area contributed by atoms with Gasteiger partial charge in [0.2, 0.25) is 8.32 Å². The average molecular weight is 1100 g/mol. The van der Waals surface area contributed by atoms with Gasteiger partial charge in [-0.05, 0) is 136 Å². The van der Waals surface area contributed by atoms with Crippen LogP contribution >= 0.6 is 0 Å². The third-order valence-corrected chi connectivity index (χ3v) is 40.6. The standard InChI is InChI=1S/C63H138O4Si5/c1-25-36-38-40-42-44-46-47-49-50-52-54-56-71(23,66-59(13,28-4)68(15,16)17)62(32-8,33-9)58(12,27-3)64-72(24,57-55-53-51-48-45-43-41-39-37-26-2)63(34-10,35-11)61(30-6,31-7)67-70(21,22)60(14,29-5)65-69(18,19)20/h25-57H2,1-24H3/t58?,59-,60?,71?,72?/m1/s1. The Bertz CT molecular complexity index is 1380. The highest BCUT2D eigenvalue weighted by atomic mass is 28.4. The van der Waals surface area contributed by atoms with Crippen LogP contribution in [0.4, 0.5) is 0 Å². The van der Waals surface area contributed by atoms with Crippen molar-refractivity contribution >= 4 is 41.3 Å². The summed E-state index contributed by atoms with van der Waals surface area (Å²) in [6.45, 7) is 60.0. The molecule has 0 aromatic carbocycles. The zero-order chi connectivity index (χ0) is 55.7. The summed E-state index contributed by atoms with van der Waals surface area (Å²) >= 11 is 0. The Balaban J connectivity index is 7.91. The van der Waals surface area contributed by atoms with E-state index in [2.05, 4.69) is 162 Å². The maximum atomic E-state index is 8.88. The van der Waals surface area contributed by atoms with Crippen LogP contribution in [-0.4, -0.2) is 63.0 Å². The molecule has 0 radical (unpaired) electrons. The lowest BCUT2D eigenvalue weighted by atomic mass is 9.78. The van der Waals surface area contributed by atoms with Crippen LogP contribution in [0.5, 0.6) is 0 Å². The molecule has 0 aromatic rings. The molecule has 434 valence electrons. The van der Waals surface area contributed by atoms with E-state index in [0.717, 1.165) is 57.8 Å². The highest BCUT2D eigenvalue weighted by Crippen LogP contribution is 2.66. The molecule has 0 fully saturated rings. The average Bonchev–Trinajstić information content (AvgIpc) is 3.31. The fourth-order valence-electron chi connectivity index (χ4n) is 14.8. The molecule has 0 aromatic heterocycles. The molecular weight excluding hydrogens is 961 g/mol. The first kappa shape index (κ1) is 72.9. The van der Waals surface area contributed by atoms with Crippen molar-refractivity contribution in [1.29, 1.82) is 0 Å². The zero-order valence-corrected chi connectivity index (χ0v) is 59.5. The minimum absolute atomic E-state index is 0.0518. The summed E-state index contributed by atoms with van der Waals surface area (Å²) in [7, 11) is -11.4. The minimum atomic E-state index is -2.72. The fraction of sp³-hybridized carbons (Fsp3) is 1.00. The van der Waals surface area contributed by atoms with E-state index < -0.39 is 41.3 Å². The van der Waals surface area contributed by atoms with Crippen molar-refractivity contribution in [1.82, 2.24) is 0 Å². The first-order chi connectivity index (χ1) is 33.5. The second-order valence-electron chi connectivity index (χ2n) is 27.3. The zero-order valence-electron chi connectivity index (χ0n) is 54.5. The van der Waals surface area contributed by atoms with Crippen molar-refractivity contribution < 1.29 is 17.7 Å². The first-order valence-electron chi connectivity index (χ1n) is 32.3. The topological polar surface area (TPSA) is 36.9 Å². The summed E-state index contributed by atoms with van der Waals surface area (Å²) in [5.74, 6) is 0. The van der Waals surface area contributed by atoms with Gasteiger partial charge in [0.15, 0.2) is 25.0 Å². The molecule has 0 amide bonds. The monoisotopic (exact) mass is 1100 g/mol. The van der Waals surface area contributed by atoms with E-state index in [1.165, 1.54) is 153 Å². The van der Waals surface area contributed by atoms with Crippen LogP contribution in [0.3, 0.4) is 0 Å². The molecule has 0 bridgehead atoms. The molecule has 4 nitrogen and oxygen atoms in total. The van der Waals surface area contributed by atoms with Gasteiger partial charge in [-0.1, -0.05) is 237 Å². The normalized spacial score (nSPS) is 17.8. The van der Waals surface area contributed by atoms with Gasteiger partial charge in [0.1, 0.15) is 0 Å². The second-order valence-corrected chi connectivity index (χ2v) is 49.9. The van der Waals surface area contributed by atoms with E-state index in [1.807, 2.05) is 0 Å². The SMILES string of the molecule is CCCCCCCCCCCCCC[Si](C)(O[C@@](C)(CC)[Si](C)(C)C)C(CC)(CC)C(C)(CC)O[Si](C)(CCCCCCCCCCCC)C(CC)(CC)C(CC)(CC)O[Si](C)(C)C(C)(CC)O[Si](C)(C)C. The van der Waals surface area contributed by atoms with Crippen molar-refractivity contribution in [2.24, 2.45) is 0 Å². The molecule has 9 heteroatoms. The molecule has 0 N–H and O–H groups in total. The molecule has 0 saturated heterocycles. The van der Waals surface area contributed by atoms with Crippen LogP contribution in [-0.2, 0) is 17.7 Å². The molecule has 0 aliphatic carbocycles. The molecule has 0 aliphatic heterocycles. The Hall–Kier alpha value is 0.924. The lowest BCUT2D eigenvalue weighted by molar-refractivity contribution is -0.0532. The smallest absolute Gasteiger partial charge is 0.217 e. The minimum Gasteiger partial charge on any atom is -0.414 e. The van der Waals surface area contributed by atoms with Gasteiger partial charge in [0.25, 0.3) is 0 Å². The number of hydrogen-bond acceptors (Lipinski definition) is 4. The van der Waals surface area contributed by atoms with Gasteiger partial charge < -0.3 is 17.7 Å². The number of rotatable bonds is 47. The van der Waals surface area contributed by atoms with Crippen molar-refractivity contribution in [3.05, 3.63) is 0 Å². The quantitative estimate of drug-likeness (QED) is 0.0450. The largest absolute Gasteiger partial charge is 0.414 e. The molecule has 0 heterocycles. The van der Waals surface area contributed by atoms with E-state index in [4.69, 9.17) is 17.7 Å². The predicted molar refractivity (Wildman–Crippen MR) is 340 cm³/mol. The fourth-order valence-corrected chi connectivity index (χ4v) is 35.4. The third kappa shape index (κ3) is 19.3. The van der Waals surface area contributed by atoms with Crippen LogP contribution in [0.25, 0.3) is 0 Å². The number of hydrogen-bond donors (Lipinski definition) is 0. The Labute approximate surface area is 461 Å². The third-order valence-electron chi connectivity index (χ3n) is 20.7. The van der Waals surface area contributed by atoms with Crippen molar-refractivity contribution in [2.75, 3.05) is 0 Å². The Kier molecular flexibility index (Phi) is 33.9. The van der Waals surface area contributed by atoms with Gasteiger partial charge in [0, 0.05) is 15.3 Å². The lowest BCUT2D eigenvalue weighted by Crippen LogP contribution is -2.71. The molecule has 0 rings (SSSR count). The van der Waals surface area contributed by atoms with E-state index in [1.54, 1.807) is 0 Å². The van der Waals surface area contributed by atoms with Crippen LogP contribution in [0.2, 0.25) is 87.6 Å². The van der Waals surface area contributed by atoms with Crippen LogP contribution in [0.15, 0.2) is 0 Å².